The van der Waals surface area contributed by atoms with Gasteiger partial charge in [0.15, 0.2) is 0 Å². The van der Waals surface area contributed by atoms with Gasteiger partial charge in [-0.05, 0) is 30.5 Å². The van der Waals surface area contributed by atoms with Crippen LogP contribution < -0.4 is 15.0 Å². The van der Waals surface area contributed by atoms with Crippen molar-refractivity contribution in [3.63, 3.8) is 0 Å². The minimum Gasteiger partial charge on any atom is -0.495 e. The lowest BCUT2D eigenvalue weighted by Gasteiger charge is -2.18. The van der Waals surface area contributed by atoms with Crippen LogP contribution in [0.5, 0.6) is 5.75 Å². The van der Waals surface area contributed by atoms with Gasteiger partial charge in [-0.2, -0.15) is 0 Å². The molecule has 1 saturated heterocycles. The van der Waals surface area contributed by atoms with E-state index in [4.69, 9.17) is 9.47 Å². The first-order valence-corrected chi connectivity index (χ1v) is 6.87. The van der Waals surface area contributed by atoms with E-state index in [0.29, 0.717) is 6.10 Å². The molecule has 1 unspecified atom stereocenters. The predicted octanol–water partition coefficient (Wildman–Crippen LogP) is 2.03. The zero-order chi connectivity index (χ0) is 13.7. The predicted molar refractivity (Wildman–Crippen MR) is 78.0 cm³/mol. The van der Waals surface area contributed by atoms with Crippen molar-refractivity contribution in [3.8, 4) is 5.75 Å². The van der Waals surface area contributed by atoms with Crippen LogP contribution in [0.2, 0.25) is 0 Å². The van der Waals surface area contributed by atoms with Gasteiger partial charge in [0.05, 0.1) is 18.9 Å². The van der Waals surface area contributed by atoms with Crippen LogP contribution in [0.3, 0.4) is 0 Å². The second kappa shape index (κ2) is 6.78. The fourth-order valence-electron chi connectivity index (χ4n) is 2.38. The smallest absolute Gasteiger partial charge is 0.142 e. The average molecular weight is 264 g/mol. The number of nitrogens with zero attached hydrogens (tertiary/aromatic N) is 1. The number of benzene rings is 1. The van der Waals surface area contributed by atoms with Crippen LogP contribution in [-0.4, -0.2) is 40.5 Å². The van der Waals surface area contributed by atoms with Gasteiger partial charge < -0.3 is 19.7 Å². The molecule has 2 rings (SSSR count). The monoisotopic (exact) mass is 264 g/mol. The molecule has 0 saturated carbocycles. The van der Waals surface area contributed by atoms with E-state index in [1.807, 2.05) is 14.1 Å². The highest BCUT2D eigenvalue weighted by molar-refractivity contribution is 5.58. The molecule has 1 heterocycles. The number of hydrogen-bond acceptors (Lipinski definition) is 4. The lowest BCUT2D eigenvalue weighted by molar-refractivity contribution is 0.110. The molecule has 0 aliphatic carbocycles. The van der Waals surface area contributed by atoms with Gasteiger partial charge in [0.1, 0.15) is 5.75 Å². The number of hydrogen-bond donors (Lipinski definition) is 1. The van der Waals surface area contributed by atoms with E-state index in [1.54, 1.807) is 7.11 Å². The summed E-state index contributed by atoms with van der Waals surface area (Å²) in [6.07, 6.45) is 2.76. The Labute approximate surface area is 115 Å². The molecular formula is C15H24N2O2. The maximum Gasteiger partial charge on any atom is 0.142 e. The summed E-state index contributed by atoms with van der Waals surface area (Å²) in [6.45, 7) is 2.69. The Kier molecular flexibility index (Phi) is 5.05. The Morgan fingerprint density at radius 3 is 2.89 bits per heavy atom. The third kappa shape index (κ3) is 3.85. The van der Waals surface area contributed by atoms with Crippen LogP contribution in [0.15, 0.2) is 18.2 Å². The third-order valence-corrected chi connectivity index (χ3v) is 3.45. The van der Waals surface area contributed by atoms with Crippen LogP contribution in [-0.2, 0) is 11.3 Å². The van der Waals surface area contributed by atoms with Gasteiger partial charge in [0.25, 0.3) is 0 Å². The first-order valence-electron chi connectivity index (χ1n) is 6.87. The number of ether oxygens (including phenoxy) is 2. The quantitative estimate of drug-likeness (QED) is 0.852. The fraction of sp³-hybridized carbons (Fsp3) is 0.600. The van der Waals surface area contributed by atoms with Crippen molar-refractivity contribution in [2.24, 2.45) is 0 Å². The van der Waals surface area contributed by atoms with Crippen molar-refractivity contribution in [1.82, 2.24) is 5.32 Å². The topological polar surface area (TPSA) is 33.7 Å². The van der Waals surface area contributed by atoms with Gasteiger partial charge in [0, 0.05) is 33.8 Å². The van der Waals surface area contributed by atoms with E-state index in [-0.39, 0.29) is 0 Å². The second-order valence-corrected chi connectivity index (χ2v) is 5.17. The molecule has 1 aromatic rings. The average Bonchev–Trinajstić information content (AvgIpc) is 2.91. The number of anilines is 1. The summed E-state index contributed by atoms with van der Waals surface area (Å²) in [6, 6.07) is 6.33. The summed E-state index contributed by atoms with van der Waals surface area (Å²) in [5.41, 5.74) is 2.34. The zero-order valence-corrected chi connectivity index (χ0v) is 12.1. The first kappa shape index (κ1) is 14.2. The minimum atomic E-state index is 0.392. The number of nitrogens with one attached hydrogen (secondary N) is 1. The first-order chi connectivity index (χ1) is 9.20. The van der Waals surface area contributed by atoms with Crippen LogP contribution in [0.4, 0.5) is 5.69 Å². The highest BCUT2D eigenvalue weighted by atomic mass is 16.5. The molecule has 4 heteroatoms. The lowest BCUT2D eigenvalue weighted by Crippen LogP contribution is -2.25. The van der Waals surface area contributed by atoms with Gasteiger partial charge in [0.2, 0.25) is 0 Å². The molecule has 19 heavy (non-hydrogen) atoms. The van der Waals surface area contributed by atoms with E-state index in [9.17, 15) is 0 Å². The van der Waals surface area contributed by atoms with Gasteiger partial charge in [-0.15, -0.1) is 0 Å². The van der Waals surface area contributed by atoms with Crippen molar-refractivity contribution in [1.29, 1.82) is 0 Å². The molecule has 4 nitrogen and oxygen atoms in total. The summed E-state index contributed by atoms with van der Waals surface area (Å²) in [7, 11) is 5.76. The van der Waals surface area contributed by atoms with E-state index in [2.05, 4.69) is 28.4 Å². The highest BCUT2D eigenvalue weighted by Crippen LogP contribution is 2.27. The van der Waals surface area contributed by atoms with E-state index in [1.165, 1.54) is 18.4 Å². The molecule has 1 aliphatic heterocycles. The molecule has 0 bridgehead atoms. The fourth-order valence-corrected chi connectivity index (χ4v) is 2.38. The normalized spacial score (nSPS) is 18.6. The standard InChI is InChI=1S/C15H24N2O2/c1-17(2)14-7-6-12(9-15(14)18-3)10-16-11-13-5-4-8-19-13/h6-7,9,13,16H,4-5,8,10-11H2,1-3H3. The van der Waals surface area contributed by atoms with Crippen molar-refractivity contribution in [2.75, 3.05) is 39.3 Å². The molecule has 0 radical (unpaired) electrons. The maximum atomic E-state index is 5.59. The van der Waals surface area contributed by atoms with Crippen molar-refractivity contribution in [2.45, 2.75) is 25.5 Å². The van der Waals surface area contributed by atoms with Crippen LogP contribution in [0.25, 0.3) is 0 Å². The second-order valence-electron chi connectivity index (χ2n) is 5.17. The van der Waals surface area contributed by atoms with Gasteiger partial charge >= 0.3 is 0 Å². The molecule has 1 aromatic carbocycles. The van der Waals surface area contributed by atoms with Gasteiger partial charge in [-0.25, -0.2) is 0 Å². The summed E-state index contributed by atoms with van der Waals surface area (Å²) in [4.78, 5) is 2.06. The minimum absolute atomic E-state index is 0.392. The van der Waals surface area contributed by atoms with Crippen LogP contribution in [0.1, 0.15) is 18.4 Å². The molecule has 1 fully saturated rings. The molecule has 0 amide bonds. The molecule has 1 N–H and O–H groups in total. The maximum absolute atomic E-state index is 5.59. The molecule has 1 aliphatic rings. The third-order valence-electron chi connectivity index (χ3n) is 3.45. The Morgan fingerprint density at radius 2 is 2.26 bits per heavy atom. The van der Waals surface area contributed by atoms with Gasteiger partial charge in [-0.1, -0.05) is 6.07 Å². The van der Waals surface area contributed by atoms with Crippen LogP contribution in [0, 0.1) is 0 Å². The number of rotatable bonds is 6. The number of methoxy groups -OCH3 is 1. The Morgan fingerprint density at radius 1 is 1.42 bits per heavy atom. The zero-order valence-electron chi connectivity index (χ0n) is 12.1. The molecule has 0 spiro atoms. The van der Waals surface area contributed by atoms with Crippen molar-refractivity contribution < 1.29 is 9.47 Å². The van der Waals surface area contributed by atoms with Crippen molar-refractivity contribution in [3.05, 3.63) is 23.8 Å². The largest absolute Gasteiger partial charge is 0.495 e. The van der Waals surface area contributed by atoms with Crippen LogP contribution >= 0.6 is 0 Å². The lowest BCUT2D eigenvalue weighted by atomic mass is 10.1. The Hall–Kier alpha value is -1.26. The van der Waals surface area contributed by atoms with Gasteiger partial charge in [-0.3, -0.25) is 0 Å². The Bertz CT molecular complexity index is 401. The van der Waals surface area contributed by atoms with Crippen molar-refractivity contribution >= 4 is 5.69 Å². The SMILES string of the molecule is COc1cc(CNCC2CCCO2)ccc1N(C)C. The molecular weight excluding hydrogens is 240 g/mol. The molecule has 1 atom stereocenters. The Balaban J connectivity index is 1.89. The molecule has 0 aromatic heterocycles. The summed E-state index contributed by atoms with van der Waals surface area (Å²) < 4.78 is 11.0. The summed E-state index contributed by atoms with van der Waals surface area (Å²) in [5, 5.41) is 3.45. The van der Waals surface area contributed by atoms with E-state index in [0.717, 1.165) is 31.1 Å². The van der Waals surface area contributed by atoms with E-state index >= 15 is 0 Å². The summed E-state index contributed by atoms with van der Waals surface area (Å²) in [5.74, 6) is 0.918. The molecule has 106 valence electrons. The highest BCUT2D eigenvalue weighted by Gasteiger charge is 2.14. The summed E-state index contributed by atoms with van der Waals surface area (Å²) >= 11 is 0. The van der Waals surface area contributed by atoms with E-state index < -0.39 is 0 Å².